The Hall–Kier alpha value is -2.62. The molecule has 1 aliphatic rings. The van der Waals surface area contributed by atoms with Crippen LogP contribution < -0.4 is 4.90 Å². The highest BCUT2D eigenvalue weighted by atomic mass is 16.5. The molecule has 0 heterocycles. The van der Waals surface area contributed by atoms with Crippen molar-refractivity contribution in [3.8, 4) is 0 Å². The highest BCUT2D eigenvalue weighted by molar-refractivity contribution is 5.96. The van der Waals surface area contributed by atoms with E-state index in [9.17, 15) is 9.59 Å². The summed E-state index contributed by atoms with van der Waals surface area (Å²) in [6, 6.07) is 14.9. The highest BCUT2D eigenvalue weighted by Crippen LogP contribution is 2.23. The van der Waals surface area contributed by atoms with E-state index < -0.39 is 5.97 Å². The summed E-state index contributed by atoms with van der Waals surface area (Å²) in [6.45, 7) is -0.263. The number of nitrogens with zero attached hydrogens (tertiary/aromatic N) is 1. The number of benzene rings is 2. The molecule has 23 heavy (non-hydrogen) atoms. The number of aryl methyl sites for hydroxylation is 2. The highest BCUT2D eigenvalue weighted by Gasteiger charge is 2.17. The molecule has 1 amide bonds. The lowest BCUT2D eigenvalue weighted by Crippen LogP contribution is -2.31. The van der Waals surface area contributed by atoms with Crippen LogP contribution in [0.2, 0.25) is 0 Å². The van der Waals surface area contributed by atoms with E-state index in [1.165, 1.54) is 16.0 Å². The maximum atomic E-state index is 12.1. The van der Waals surface area contributed by atoms with Crippen LogP contribution in [0, 0.1) is 0 Å². The second kappa shape index (κ2) is 6.65. The van der Waals surface area contributed by atoms with Gasteiger partial charge in [-0.15, -0.1) is 0 Å². The van der Waals surface area contributed by atoms with Crippen LogP contribution in [0.1, 0.15) is 27.9 Å². The number of ether oxygens (including phenoxy) is 1. The minimum absolute atomic E-state index is 0.259. The molecule has 2 aromatic rings. The largest absolute Gasteiger partial charge is 0.452 e. The van der Waals surface area contributed by atoms with Crippen molar-refractivity contribution in [2.24, 2.45) is 0 Å². The number of hydrogen-bond donors (Lipinski definition) is 0. The number of para-hydroxylation sites is 1. The molecule has 0 atom stereocenters. The smallest absolute Gasteiger partial charge is 0.338 e. The summed E-state index contributed by atoms with van der Waals surface area (Å²) in [5, 5.41) is 0. The normalized spacial score (nSPS) is 12.6. The number of likely N-dealkylation sites (N-methyl/N-ethyl adjacent to an activating group) is 1. The monoisotopic (exact) mass is 309 g/mol. The van der Waals surface area contributed by atoms with E-state index in [-0.39, 0.29) is 12.5 Å². The van der Waals surface area contributed by atoms with Crippen LogP contribution >= 0.6 is 0 Å². The number of carbonyl (C=O) groups excluding carboxylic acids is 2. The van der Waals surface area contributed by atoms with Gasteiger partial charge in [0.05, 0.1) is 5.56 Å². The maximum absolute atomic E-state index is 12.1. The summed E-state index contributed by atoms with van der Waals surface area (Å²) >= 11 is 0. The van der Waals surface area contributed by atoms with Gasteiger partial charge in [-0.2, -0.15) is 0 Å². The van der Waals surface area contributed by atoms with E-state index in [2.05, 4.69) is 0 Å². The van der Waals surface area contributed by atoms with Gasteiger partial charge < -0.3 is 9.64 Å². The van der Waals surface area contributed by atoms with E-state index >= 15 is 0 Å². The lowest BCUT2D eigenvalue weighted by molar-refractivity contribution is -0.121. The summed E-state index contributed by atoms with van der Waals surface area (Å²) in [4.78, 5) is 25.7. The molecule has 0 saturated carbocycles. The van der Waals surface area contributed by atoms with Gasteiger partial charge in [0.25, 0.3) is 5.91 Å². The summed E-state index contributed by atoms with van der Waals surface area (Å²) in [6.07, 6.45) is 3.21. The maximum Gasteiger partial charge on any atom is 0.338 e. The fourth-order valence-electron chi connectivity index (χ4n) is 2.80. The van der Waals surface area contributed by atoms with Gasteiger partial charge in [-0.05, 0) is 54.7 Å². The molecule has 0 fully saturated rings. The quantitative estimate of drug-likeness (QED) is 0.816. The molecule has 0 spiro atoms. The van der Waals surface area contributed by atoms with Gasteiger partial charge >= 0.3 is 5.97 Å². The van der Waals surface area contributed by atoms with Crippen LogP contribution in [0.4, 0.5) is 5.69 Å². The molecular formula is C19H19NO3. The number of fused-ring (bicyclic) bond motifs is 1. The summed E-state index contributed by atoms with van der Waals surface area (Å²) in [5.41, 5.74) is 3.81. The Morgan fingerprint density at radius 2 is 1.78 bits per heavy atom. The molecule has 4 nitrogen and oxygen atoms in total. The summed E-state index contributed by atoms with van der Waals surface area (Å²) < 4.78 is 5.16. The Bertz CT molecular complexity index is 725. The zero-order chi connectivity index (χ0) is 16.2. The number of hydrogen-bond acceptors (Lipinski definition) is 3. The molecule has 0 bridgehead atoms. The summed E-state index contributed by atoms with van der Waals surface area (Å²) in [5.74, 6) is -0.708. The first-order valence-corrected chi connectivity index (χ1v) is 7.75. The molecule has 0 N–H and O–H groups in total. The van der Waals surface area contributed by atoms with Gasteiger partial charge in [0.1, 0.15) is 0 Å². The SMILES string of the molecule is CN(C(=O)COC(=O)c1ccc2c(c1)CCC2)c1ccccc1. The lowest BCUT2D eigenvalue weighted by Gasteiger charge is -2.17. The van der Waals surface area contributed by atoms with Crippen molar-refractivity contribution in [3.63, 3.8) is 0 Å². The van der Waals surface area contributed by atoms with Gasteiger partial charge in [0.2, 0.25) is 0 Å². The minimum Gasteiger partial charge on any atom is -0.452 e. The fourth-order valence-corrected chi connectivity index (χ4v) is 2.80. The Morgan fingerprint density at radius 3 is 2.57 bits per heavy atom. The predicted molar refractivity (Wildman–Crippen MR) is 88.6 cm³/mol. The molecule has 0 saturated heterocycles. The van der Waals surface area contributed by atoms with Gasteiger partial charge in [-0.1, -0.05) is 24.3 Å². The molecular weight excluding hydrogens is 290 g/mol. The topological polar surface area (TPSA) is 46.6 Å². The zero-order valence-corrected chi connectivity index (χ0v) is 13.1. The standard InChI is InChI=1S/C19H19NO3/c1-20(17-8-3-2-4-9-17)18(21)13-23-19(22)16-11-10-14-6-5-7-15(14)12-16/h2-4,8-12H,5-7,13H2,1H3. The van der Waals surface area contributed by atoms with Crippen LogP contribution in [0.3, 0.4) is 0 Å². The van der Waals surface area contributed by atoms with Crippen LogP contribution in [0.15, 0.2) is 48.5 Å². The van der Waals surface area contributed by atoms with Crippen LogP contribution in [-0.4, -0.2) is 25.5 Å². The van der Waals surface area contributed by atoms with E-state index in [1.807, 2.05) is 42.5 Å². The Balaban J connectivity index is 1.59. The first-order valence-electron chi connectivity index (χ1n) is 7.75. The van der Waals surface area contributed by atoms with Crippen molar-refractivity contribution in [2.45, 2.75) is 19.3 Å². The predicted octanol–water partition coefficient (Wildman–Crippen LogP) is 3.00. The van der Waals surface area contributed by atoms with E-state index in [0.717, 1.165) is 24.9 Å². The van der Waals surface area contributed by atoms with Crippen molar-refractivity contribution in [1.29, 1.82) is 0 Å². The second-order valence-electron chi connectivity index (χ2n) is 5.70. The molecule has 4 heteroatoms. The second-order valence-corrected chi connectivity index (χ2v) is 5.70. The first-order chi connectivity index (χ1) is 11.1. The minimum atomic E-state index is -0.450. The van der Waals surface area contributed by atoms with Gasteiger partial charge in [-0.3, -0.25) is 4.79 Å². The van der Waals surface area contributed by atoms with Gasteiger partial charge in [-0.25, -0.2) is 4.79 Å². The molecule has 3 rings (SSSR count). The number of amides is 1. The van der Waals surface area contributed by atoms with Crippen molar-refractivity contribution in [2.75, 3.05) is 18.6 Å². The number of esters is 1. The number of anilines is 1. The van der Waals surface area contributed by atoms with Crippen LogP contribution in [0.5, 0.6) is 0 Å². The molecule has 118 valence electrons. The molecule has 0 radical (unpaired) electrons. The molecule has 0 aromatic heterocycles. The van der Waals surface area contributed by atoms with Crippen molar-refractivity contribution < 1.29 is 14.3 Å². The van der Waals surface area contributed by atoms with Gasteiger partial charge in [0.15, 0.2) is 6.61 Å². The first kappa shape index (κ1) is 15.3. The average molecular weight is 309 g/mol. The third kappa shape index (κ3) is 3.42. The molecule has 0 unspecified atom stereocenters. The van der Waals surface area contributed by atoms with E-state index in [0.29, 0.717) is 5.56 Å². The Labute approximate surface area is 135 Å². The molecule has 2 aromatic carbocycles. The Kier molecular flexibility index (Phi) is 4.42. The average Bonchev–Trinajstić information content (AvgIpc) is 3.07. The number of rotatable bonds is 4. The lowest BCUT2D eigenvalue weighted by atomic mass is 10.1. The van der Waals surface area contributed by atoms with Crippen LogP contribution in [0.25, 0.3) is 0 Å². The fraction of sp³-hybridized carbons (Fsp3) is 0.263. The third-order valence-corrected chi connectivity index (χ3v) is 4.18. The van der Waals surface area contributed by atoms with Crippen molar-refractivity contribution >= 4 is 17.6 Å². The van der Waals surface area contributed by atoms with Crippen molar-refractivity contribution in [1.82, 2.24) is 0 Å². The summed E-state index contributed by atoms with van der Waals surface area (Å²) in [7, 11) is 1.67. The van der Waals surface area contributed by atoms with E-state index in [4.69, 9.17) is 4.74 Å². The third-order valence-electron chi connectivity index (χ3n) is 4.18. The number of carbonyl (C=O) groups is 2. The molecule has 0 aliphatic heterocycles. The van der Waals surface area contributed by atoms with Crippen molar-refractivity contribution in [3.05, 3.63) is 65.2 Å². The van der Waals surface area contributed by atoms with Crippen LogP contribution in [-0.2, 0) is 22.4 Å². The Morgan fingerprint density at radius 1 is 1.04 bits per heavy atom. The van der Waals surface area contributed by atoms with E-state index in [1.54, 1.807) is 13.1 Å². The molecule has 1 aliphatic carbocycles. The zero-order valence-electron chi connectivity index (χ0n) is 13.1. The van der Waals surface area contributed by atoms with Gasteiger partial charge in [0, 0.05) is 12.7 Å².